The molecule has 16 heavy (non-hydrogen) atoms. The molecule has 2 rings (SSSR count). The number of piperidine rings is 1. The summed E-state index contributed by atoms with van der Waals surface area (Å²) >= 11 is 0. The van der Waals surface area contributed by atoms with Crippen LogP contribution in [0.25, 0.3) is 0 Å². The fraction of sp³-hybridized carbons (Fsp3) is 0.750. The predicted octanol–water partition coefficient (Wildman–Crippen LogP) is 1.88. The van der Waals surface area contributed by atoms with Gasteiger partial charge in [0, 0.05) is 18.8 Å². The Morgan fingerprint density at radius 3 is 2.88 bits per heavy atom. The van der Waals surface area contributed by atoms with Crippen LogP contribution in [-0.2, 0) is 0 Å². The second-order valence-corrected chi connectivity index (χ2v) is 4.88. The van der Waals surface area contributed by atoms with Crippen molar-refractivity contribution in [3.05, 3.63) is 12.4 Å². The highest BCUT2D eigenvalue weighted by Gasteiger charge is 2.12. The topological polar surface area (TPSA) is 41.9 Å². The van der Waals surface area contributed by atoms with Crippen molar-refractivity contribution in [2.45, 2.75) is 32.7 Å². The summed E-state index contributed by atoms with van der Waals surface area (Å²) in [5.41, 5.74) is 1.15. The van der Waals surface area contributed by atoms with E-state index < -0.39 is 0 Å². The lowest BCUT2D eigenvalue weighted by Gasteiger charge is -2.22. The molecular weight excluding hydrogens is 200 g/mol. The Balaban J connectivity index is 1.79. The maximum atomic E-state index is 4.32. The Hall–Kier alpha value is -1.03. The Morgan fingerprint density at radius 1 is 1.50 bits per heavy atom. The summed E-state index contributed by atoms with van der Waals surface area (Å²) < 4.78 is 1.99. The molecule has 1 fully saturated rings. The molecule has 4 heteroatoms. The SMILES string of the molecule is CC(C)n1cc(NCC2CCNCC2)cn1. The second kappa shape index (κ2) is 5.34. The standard InChI is InChI=1S/C12H22N4/c1-10(2)16-9-12(8-15-16)14-7-11-3-5-13-6-4-11/h8-11,13-14H,3-7H2,1-2H3. The van der Waals surface area contributed by atoms with E-state index in [0.717, 1.165) is 31.2 Å². The van der Waals surface area contributed by atoms with Crippen LogP contribution in [-0.4, -0.2) is 29.4 Å². The summed E-state index contributed by atoms with van der Waals surface area (Å²) in [4.78, 5) is 0. The van der Waals surface area contributed by atoms with E-state index in [1.54, 1.807) is 0 Å². The van der Waals surface area contributed by atoms with Crippen molar-refractivity contribution in [3.63, 3.8) is 0 Å². The van der Waals surface area contributed by atoms with Crippen LogP contribution in [0.15, 0.2) is 12.4 Å². The van der Waals surface area contributed by atoms with Gasteiger partial charge < -0.3 is 10.6 Å². The molecule has 2 heterocycles. The lowest BCUT2D eigenvalue weighted by molar-refractivity contribution is 0.390. The van der Waals surface area contributed by atoms with Crippen LogP contribution in [0.4, 0.5) is 5.69 Å². The normalized spacial score (nSPS) is 17.9. The predicted molar refractivity (Wildman–Crippen MR) is 66.7 cm³/mol. The average molecular weight is 222 g/mol. The molecule has 1 aliphatic rings. The van der Waals surface area contributed by atoms with Gasteiger partial charge in [0.2, 0.25) is 0 Å². The van der Waals surface area contributed by atoms with Crippen LogP contribution in [0.5, 0.6) is 0 Å². The number of aromatic nitrogens is 2. The average Bonchev–Trinajstić information content (AvgIpc) is 2.76. The minimum atomic E-state index is 0.439. The molecule has 1 saturated heterocycles. The molecule has 0 atom stereocenters. The van der Waals surface area contributed by atoms with E-state index in [1.807, 2.05) is 10.9 Å². The van der Waals surface area contributed by atoms with Crippen LogP contribution >= 0.6 is 0 Å². The zero-order valence-electron chi connectivity index (χ0n) is 10.2. The van der Waals surface area contributed by atoms with E-state index >= 15 is 0 Å². The molecule has 0 aliphatic carbocycles. The van der Waals surface area contributed by atoms with Crippen LogP contribution in [0, 0.1) is 5.92 Å². The van der Waals surface area contributed by atoms with Crippen LogP contribution in [0.1, 0.15) is 32.7 Å². The van der Waals surface area contributed by atoms with Crippen LogP contribution < -0.4 is 10.6 Å². The first kappa shape index (κ1) is 11.5. The second-order valence-electron chi connectivity index (χ2n) is 4.88. The van der Waals surface area contributed by atoms with E-state index in [4.69, 9.17) is 0 Å². The third kappa shape index (κ3) is 2.98. The smallest absolute Gasteiger partial charge is 0.0726 e. The van der Waals surface area contributed by atoms with E-state index in [2.05, 4.69) is 35.8 Å². The molecule has 0 radical (unpaired) electrons. The summed E-state index contributed by atoms with van der Waals surface area (Å²) in [6, 6.07) is 0.439. The third-order valence-electron chi connectivity index (χ3n) is 3.18. The third-order valence-corrected chi connectivity index (χ3v) is 3.18. The van der Waals surface area contributed by atoms with Crippen molar-refractivity contribution in [1.82, 2.24) is 15.1 Å². The van der Waals surface area contributed by atoms with Crippen molar-refractivity contribution in [1.29, 1.82) is 0 Å². The highest BCUT2D eigenvalue weighted by atomic mass is 15.3. The number of anilines is 1. The van der Waals surface area contributed by atoms with Gasteiger partial charge in [0.1, 0.15) is 0 Å². The fourth-order valence-electron chi connectivity index (χ4n) is 2.06. The number of hydrogen-bond acceptors (Lipinski definition) is 3. The van der Waals surface area contributed by atoms with Gasteiger partial charge in [-0.15, -0.1) is 0 Å². The first-order valence-electron chi connectivity index (χ1n) is 6.24. The van der Waals surface area contributed by atoms with Crippen molar-refractivity contribution in [2.75, 3.05) is 25.0 Å². The molecule has 0 unspecified atom stereocenters. The molecule has 0 saturated carbocycles. The van der Waals surface area contributed by atoms with E-state index in [0.29, 0.717) is 6.04 Å². The van der Waals surface area contributed by atoms with Crippen molar-refractivity contribution in [3.8, 4) is 0 Å². The monoisotopic (exact) mass is 222 g/mol. The van der Waals surface area contributed by atoms with E-state index in [-0.39, 0.29) is 0 Å². The molecule has 90 valence electrons. The number of nitrogens with zero attached hydrogens (tertiary/aromatic N) is 2. The van der Waals surface area contributed by atoms with Gasteiger partial charge in [0.25, 0.3) is 0 Å². The summed E-state index contributed by atoms with van der Waals surface area (Å²) in [5, 5.41) is 11.2. The molecule has 4 nitrogen and oxygen atoms in total. The van der Waals surface area contributed by atoms with Crippen molar-refractivity contribution >= 4 is 5.69 Å². The van der Waals surface area contributed by atoms with Gasteiger partial charge in [0.05, 0.1) is 11.9 Å². The van der Waals surface area contributed by atoms with Gasteiger partial charge in [-0.3, -0.25) is 4.68 Å². The molecule has 0 amide bonds. The number of hydrogen-bond donors (Lipinski definition) is 2. The quantitative estimate of drug-likeness (QED) is 0.817. The molecular formula is C12H22N4. The Kier molecular flexibility index (Phi) is 3.83. The highest BCUT2D eigenvalue weighted by molar-refractivity contribution is 5.38. The summed E-state index contributed by atoms with van der Waals surface area (Å²) in [6.07, 6.45) is 6.57. The maximum absolute atomic E-state index is 4.32. The maximum Gasteiger partial charge on any atom is 0.0726 e. The molecule has 1 aromatic rings. The molecule has 1 aliphatic heterocycles. The van der Waals surface area contributed by atoms with Gasteiger partial charge in [-0.1, -0.05) is 0 Å². The molecule has 0 aromatic carbocycles. The number of rotatable bonds is 4. The van der Waals surface area contributed by atoms with E-state index in [9.17, 15) is 0 Å². The fourth-order valence-corrected chi connectivity index (χ4v) is 2.06. The van der Waals surface area contributed by atoms with Gasteiger partial charge in [-0.05, 0) is 45.7 Å². The first-order valence-corrected chi connectivity index (χ1v) is 6.24. The lowest BCUT2D eigenvalue weighted by atomic mass is 9.98. The molecule has 1 aromatic heterocycles. The van der Waals surface area contributed by atoms with Crippen molar-refractivity contribution in [2.24, 2.45) is 5.92 Å². The number of nitrogens with one attached hydrogen (secondary N) is 2. The lowest BCUT2D eigenvalue weighted by Crippen LogP contribution is -2.31. The first-order chi connectivity index (χ1) is 7.75. The Bertz CT molecular complexity index is 313. The summed E-state index contributed by atoms with van der Waals surface area (Å²) in [5.74, 6) is 0.809. The summed E-state index contributed by atoms with van der Waals surface area (Å²) in [7, 11) is 0. The molecule has 0 spiro atoms. The van der Waals surface area contributed by atoms with E-state index in [1.165, 1.54) is 12.8 Å². The van der Waals surface area contributed by atoms with Gasteiger partial charge in [-0.2, -0.15) is 5.10 Å². The minimum absolute atomic E-state index is 0.439. The van der Waals surface area contributed by atoms with Gasteiger partial charge in [-0.25, -0.2) is 0 Å². The van der Waals surface area contributed by atoms with Gasteiger partial charge in [0.15, 0.2) is 0 Å². The Labute approximate surface area is 97.4 Å². The molecule has 0 bridgehead atoms. The zero-order chi connectivity index (χ0) is 11.4. The largest absolute Gasteiger partial charge is 0.382 e. The van der Waals surface area contributed by atoms with Gasteiger partial charge >= 0.3 is 0 Å². The zero-order valence-corrected chi connectivity index (χ0v) is 10.2. The summed E-state index contributed by atoms with van der Waals surface area (Å²) in [6.45, 7) is 7.69. The Morgan fingerprint density at radius 2 is 2.25 bits per heavy atom. The minimum Gasteiger partial charge on any atom is -0.382 e. The highest BCUT2D eigenvalue weighted by Crippen LogP contribution is 2.14. The van der Waals surface area contributed by atoms with Crippen LogP contribution in [0.2, 0.25) is 0 Å². The van der Waals surface area contributed by atoms with Crippen LogP contribution in [0.3, 0.4) is 0 Å². The van der Waals surface area contributed by atoms with Crippen molar-refractivity contribution < 1.29 is 0 Å². The molecule has 2 N–H and O–H groups in total.